The van der Waals surface area contributed by atoms with E-state index in [1.807, 2.05) is 78.0 Å². The van der Waals surface area contributed by atoms with Crippen LogP contribution >= 0.6 is 0 Å². The van der Waals surface area contributed by atoms with Crippen LogP contribution in [0.2, 0.25) is 0 Å². The molecule has 284 valence electrons. The van der Waals surface area contributed by atoms with E-state index in [0.717, 1.165) is 83.6 Å². The van der Waals surface area contributed by atoms with Crippen molar-refractivity contribution in [2.24, 2.45) is 4.99 Å². The third-order valence-electron chi connectivity index (χ3n) is 8.97. The molecule has 0 fully saturated rings. The number of nitrogens with zero attached hydrogens (tertiary/aromatic N) is 1. The van der Waals surface area contributed by atoms with Gasteiger partial charge in [0, 0.05) is 5.56 Å². The number of hydrogen-bond donors (Lipinski definition) is 0. The van der Waals surface area contributed by atoms with Crippen LogP contribution in [0.3, 0.4) is 0 Å². The predicted octanol–water partition coefficient (Wildman–Crippen LogP) is 16.6. The van der Waals surface area contributed by atoms with Gasteiger partial charge in [0.05, 0.1) is 11.4 Å². The van der Waals surface area contributed by atoms with Crippen LogP contribution < -0.4 is 0 Å². The van der Waals surface area contributed by atoms with E-state index in [-0.39, 0.29) is 0 Å². The van der Waals surface area contributed by atoms with E-state index in [2.05, 4.69) is 162 Å². The summed E-state index contributed by atoms with van der Waals surface area (Å²) in [6.07, 6.45) is 18.1. The van der Waals surface area contributed by atoms with Gasteiger partial charge in [0.2, 0.25) is 0 Å². The normalized spacial score (nSPS) is 11.0. The molecule has 0 aliphatic heterocycles. The lowest BCUT2D eigenvalue weighted by molar-refractivity contribution is 1.35. The second-order valence-corrected chi connectivity index (χ2v) is 12.7. The third kappa shape index (κ3) is 10.9. The molecule has 0 bridgehead atoms. The van der Waals surface area contributed by atoms with Gasteiger partial charge in [0.15, 0.2) is 0 Å². The Bertz CT molecular complexity index is 2170. The molecule has 5 aromatic carbocycles. The number of hydrogen-bond acceptors (Lipinski definition) is 1. The number of allylic oxidation sites excluding steroid dienone is 7. The average molecular weight is 734 g/mol. The number of benzene rings is 5. The molecule has 0 unspecified atom stereocenters. The van der Waals surface area contributed by atoms with E-state index >= 15 is 0 Å². The first kappa shape index (κ1) is 44.1. The molecule has 5 rings (SSSR count). The Balaban J connectivity index is 0.00000204. The van der Waals surface area contributed by atoms with Crippen molar-refractivity contribution in [1.29, 1.82) is 0 Å². The lowest BCUT2D eigenvalue weighted by atomic mass is 9.88. The molecule has 1 nitrogen and oxygen atoms in total. The van der Waals surface area contributed by atoms with Crippen LogP contribution in [0.5, 0.6) is 0 Å². The molecular weight excluding hydrogens is 675 g/mol. The minimum absolute atomic E-state index is 0.693. The molecule has 56 heavy (non-hydrogen) atoms. The van der Waals surface area contributed by atoms with Gasteiger partial charge < -0.3 is 0 Å². The Kier molecular flexibility index (Phi) is 18.0. The Morgan fingerprint density at radius 1 is 0.554 bits per heavy atom. The first-order valence-corrected chi connectivity index (χ1v) is 19.7. The fraction of sp³-hybridized carbons (Fsp3) is 0.145. The van der Waals surface area contributed by atoms with Crippen molar-refractivity contribution < 1.29 is 0 Å². The van der Waals surface area contributed by atoms with Gasteiger partial charge in [-0.15, -0.1) is 0 Å². The number of aliphatic imine (C=N–C) groups is 1. The summed E-state index contributed by atoms with van der Waals surface area (Å²) >= 11 is 0. The second kappa shape index (κ2) is 22.8. The predicted molar refractivity (Wildman–Crippen MR) is 255 cm³/mol. The zero-order valence-corrected chi connectivity index (χ0v) is 34.9. The highest BCUT2D eigenvalue weighted by atomic mass is 14.8. The van der Waals surface area contributed by atoms with E-state index < -0.39 is 0 Å². The van der Waals surface area contributed by atoms with Crippen molar-refractivity contribution in [3.05, 3.63) is 210 Å². The Labute approximate surface area is 338 Å². The highest BCUT2D eigenvalue weighted by Crippen LogP contribution is 2.38. The van der Waals surface area contributed by atoms with Crippen LogP contribution in [0.4, 0.5) is 0 Å². The molecule has 0 spiro atoms. The molecule has 0 amide bonds. The Morgan fingerprint density at radius 3 is 1.50 bits per heavy atom. The first-order chi connectivity index (χ1) is 27.3. The topological polar surface area (TPSA) is 12.4 Å². The molecule has 0 heterocycles. The highest BCUT2D eigenvalue weighted by molar-refractivity contribution is 6.16. The fourth-order valence-electron chi connectivity index (χ4n) is 6.46. The van der Waals surface area contributed by atoms with Crippen molar-refractivity contribution in [2.45, 2.75) is 55.4 Å². The van der Waals surface area contributed by atoms with E-state index in [0.29, 0.717) is 5.70 Å². The summed E-state index contributed by atoms with van der Waals surface area (Å²) in [5, 5.41) is 0. The zero-order valence-electron chi connectivity index (χ0n) is 34.9. The van der Waals surface area contributed by atoms with Gasteiger partial charge in [-0.25, -0.2) is 4.99 Å². The van der Waals surface area contributed by atoms with Gasteiger partial charge >= 0.3 is 0 Å². The van der Waals surface area contributed by atoms with Gasteiger partial charge in [0.25, 0.3) is 0 Å². The quantitative estimate of drug-likeness (QED) is 0.0844. The van der Waals surface area contributed by atoms with Crippen LogP contribution in [0.1, 0.15) is 88.8 Å². The summed E-state index contributed by atoms with van der Waals surface area (Å²) < 4.78 is 0. The Morgan fingerprint density at radius 2 is 1.05 bits per heavy atom. The summed E-state index contributed by atoms with van der Waals surface area (Å²) in [7, 11) is 0. The minimum atomic E-state index is 0.693. The zero-order chi connectivity index (χ0) is 41.0. The second-order valence-electron chi connectivity index (χ2n) is 12.7. The van der Waals surface area contributed by atoms with Crippen molar-refractivity contribution in [2.75, 3.05) is 0 Å². The molecule has 0 aromatic heterocycles. The third-order valence-corrected chi connectivity index (χ3v) is 8.97. The molecule has 5 aromatic rings. The molecular formula is C55H59N. The van der Waals surface area contributed by atoms with Crippen LogP contribution in [0.25, 0.3) is 63.4 Å². The maximum atomic E-state index is 5.14. The van der Waals surface area contributed by atoms with Gasteiger partial charge in [0.1, 0.15) is 0 Å². The van der Waals surface area contributed by atoms with Crippen LogP contribution in [0, 0.1) is 0 Å². The van der Waals surface area contributed by atoms with Crippen LogP contribution in [-0.2, 0) is 0 Å². The molecule has 0 radical (unpaired) electrons. The van der Waals surface area contributed by atoms with Gasteiger partial charge in [-0.05, 0) is 113 Å². The standard InChI is InChI=1S/C51H47N.2C2H6/c1-9-14-26-48(36(6)7)51(42-22-16-15-17-23-42)52-37(8)38-29-31-39(32-30-38)43-33-44(49-27-18-24-40(20-10-2)46(49)12-4)35-45(34-43)50-28-19-25-41(21-11-3)47(50)13-5;2*1-2/h9-35H,1,4-5,8H2,2-3,6-7H3;2*1-2H3/b20-10-,21-11-,26-14-,52-51?;;. The monoisotopic (exact) mass is 733 g/mol. The Hall–Kier alpha value is -6.31. The molecule has 0 N–H and O–H groups in total. The lowest BCUT2D eigenvalue weighted by Gasteiger charge is -2.16. The summed E-state index contributed by atoms with van der Waals surface area (Å²) in [6, 6.07) is 38.5. The van der Waals surface area contributed by atoms with Gasteiger partial charge in [-0.3, -0.25) is 0 Å². The van der Waals surface area contributed by atoms with Gasteiger partial charge in [-0.2, -0.15) is 0 Å². The fourth-order valence-corrected chi connectivity index (χ4v) is 6.46. The molecule has 0 aliphatic carbocycles. The summed E-state index contributed by atoms with van der Waals surface area (Å²) in [5.41, 5.74) is 16.9. The maximum absolute atomic E-state index is 5.14. The lowest BCUT2D eigenvalue weighted by Crippen LogP contribution is -2.06. The van der Waals surface area contributed by atoms with Crippen molar-refractivity contribution >= 4 is 35.7 Å². The molecule has 0 aliphatic rings. The largest absolute Gasteiger partial charge is 0.248 e. The van der Waals surface area contributed by atoms with Crippen molar-refractivity contribution in [3.63, 3.8) is 0 Å². The number of rotatable bonds is 13. The van der Waals surface area contributed by atoms with Crippen molar-refractivity contribution in [1.82, 2.24) is 0 Å². The van der Waals surface area contributed by atoms with Crippen LogP contribution in [0.15, 0.2) is 182 Å². The van der Waals surface area contributed by atoms with Crippen molar-refractivity contribution in [3.8, 4) is 33.4 Å². The minimum Gasteiger partial charge on any atom is -0.248 e. The molecule has 0 saturated heterocycles. The first-order valence-electron chi connectivity index (χ1n) is 19.7. The van der Waals surface area contributed by atoms with E-state index in [4.69, 9.17) is 4.99 Å². The molecule has 1 heteroatoms. The average Bonchev–Trinajstić information content (AvgIpc) is 3.25. The van der Waals surface area contributed by atoms with E-state index in [1.165, 1.54) is 0 Å². The van der Waals surface area contributed by atoms with E-state index in [9.17, 15) is 0 Å². The maximum Gasteiger partial charge on any atom is 0.0780 e. The summed E-state index contributed by atoms with van der Waals surface area (Å²) in [6.45, 7) is 33.0. The van der Waals surface area contributed by atoms with E-state index in [1.54, 1.807) is 6.08 Å². The molecule has 0 saturated carbocycles. The summed E-state index contributed by atoms with van der Waals surface area (Å²) in [5.74, 6) is 0. The SMILES string of the molecule is C=C/C=C\C(C(=NC(=C)c1ccc(-c2cc(-c3cccc(/C=C\C)c3C=C)cc(-c3cccc(/C=C\C)c3C=C)c2)cc1)c1ccccc1)=C(C)C.CC.CC. The van der Waals surface area contributed by atoms with Crippen LogP contribution in [-0.4, -0.2) is 5.71 Å². The smallest absolute Gasteiger partial charge is 0.0780 e. The molecule has 0 atom stereocenters. The van der Waals surface area contributed by atoms with Gasteiger partial charge in [-0.1, -0.05) is 205 Å². The summed E-state index contributed by atoms with van der Waals surface area (Å²) in [4.78, 5) is 5.14. The highest BCUT2D eigenvalue weighted by Gasteiger charge is 2.15.